The molecular formula is C15H15BrN2O3S. The molecule has 0 saturated carbocycles. The lowest BCUT2D eigenvalue weighted by atomic mass is 10.1. The highest BCUT2D eigenvalue weighted by atomic mass is 79.9. The van der Waals surface area contributed by atoms with E-state index < -0.39 is 16.3 Å². The van der Waals surface area contributed by atoms with Crippen LogP contribution in [0.3, 0.4) is 0 Å². The van der Waals surface area contributed by atoms with Crippen molar-refractivity contribution in [3.8, 4) is 0 Å². The minimum atomic E-state index is -3.86. The average Bonchev–Trinajstić information content (AvgIpc) is 2.72. The van der Waals surface area contributed by atoms with Crippen LogP contribution in [0.5, 0.6) is 0 Å². The monoisotopic (exact) mass is 382 g/mol. The molecule has 0 aliphatic carbocycles. The molecule has 1 aromatic heterocycles. The average molecular weight is 383 g/mol. The van der Waals surface area contributed by atoms with Gasteiger partial charge in [0.1, 0.15) is 12.0 Å². The summed E-state index contributed by atoms with van der Waals surface area (Å²) >= 11 is 3.32. The van der Waals surface area contributed by atoms with E-state index in [-0.39, 0.29) is 16.6 Å². The van der Waals surface area contributed by atoms with E-state index in [0.29, 0.717) is 5.56 Å². The van der Waals surface area contributed by atoms with E-state index in [1.165, 1.54) is 6.20 Å². The Morgan fingerprint density at radius 2 is 1.91 bits per heavy atom. The number of benzene rings is 1. The van der Waals surface area contributed by atoms with Crippen molar-refractivity contribution in [3.05, 3.63) is 52.1 Å². The molecule has 1 N–H and O–H groups in total. The summed E-state index contributed by atoms with van der Waals surface area (Å²) < 4.78 is 27.5. The van der Waals surface area contributed by atoms with Gasteiger partial charge in [0.15, 0.2) is 0 Å². The van der Waals surface area contributed by atoms with Gasteiger partial charge in [-0.3, -0.25) is 0 Å². The molecule has 0 saturated heterocycles. The zero-order valence-corrected chi connectivity index (χ0v) is 14.5. The Balaban J connectivity index is 2.14. The van der Waals surface area contributed by atoms with E-state index in [1.807, 2.05) is 6.92 Å². The number of aromatic nitrogens is 1. The summed E-state index contributed by atoms with van der Waals surface area (Å²) in [6.45, 7) is 3.67. The number of halogens is 1. The summed E-state index contributed by atoms with van der Waals surface area (Å²) in [6.07, 6.45) is 0.365. The maximum absolute atomic E-state index is 12.9. The number of aryl methyl sites for hydroxylation is 1. The standard InChI is InChI=1S/C15H15BrN2O3S/c1-9-3-5-12(6-4-9)22(20,21)18-14-13(10(2)15(18)19)7-11(16)8-17-14/h3-8,10,15,19H,1-2H3/t10-,15+/m1/s1. The fourth-order valence-corrected chi connectivity index (χ4v) is 4.44. The van der Waals surface area contributed by atoms with Gasteiger partial charge in [0, 0.05) is 22.2 Å². The predicted octanol–water partition coefficient (Wildman–Crippen LogP) is 2.78. The van der Waals surface area contributed by atoms with Gasteiger partial charge in [-0.05, 0) is 41.1 Å². The summed E-state index contributed by atoms with van der Waals surface area (Å²) in [7, 11) is -3.86. The third kappa shape index (κ3) is 2.33. The van der Waals surface area contributed by atoms with E-state index in [9.17, 15) is 13.5 Å². The molecule has 22 heavy (non-hydrogen) atoms. The van der Waals surface area contributed by atoms with Crippen LogP contribution >= 0.6 is 15.9 Å². The first-order valence-corrected chi connectivity index (χ1v) is 9.00. The minimum absolute atomic E-state index is 0.141. The highest BCUT2D eigenvalue weighted by Crippen LogP contribution is 2.42. The van der Waals surface area contributed by atoms with Crippen molar-refractivity contribution in [1.29, 1.82) is 0 Å². The third-order valence-corrected chi connectivity index (χ3v) is 6.03. The number of fused-ring (bicyclic) bond motifs is 1. The van der Waals surface area contributed by atoms with Gasteiger partial charge in [0.25, 0.3) is 10.0 Å². The van der Waals surface area contributed by atoms with E-state index in [4.69, 9.17) is 0 Å². The predicted molar refractivity (Wildman–Crippen MR) is 87.2 cm³/mol. The number of anilines is 1. The maximum Gasteiger partial charge on any atom is 0.267 e. The van der Waals surface area contributed by atoms with Gasteiger partial charge < -0.3 is 5.11 Å². The SMILES string of the molecule is Cc1ccc(S(=O)(=O)N2c3ncc(Br)cc3[C@@H](C)[C@@H]2O)cc1. The van der Waals surface area contributed by atoms with Gasteiger partial charge in [-0.2, -0.15) is 0 Å². The largest absolute Gasteiger partial charge is 0.372 e. The molecule has 0 radical (unpaired) electrons. The van der Waals surface area contributed by atoms with Crippen LogP contribution in [-0.2, 0) is 10.0 Å². The Bertz CT molecular complexity index is 821. The number of nitrogens with zero attached hydrogens (tertiary/aromatic N) is 2. The molecule has 3 rings (SSSR count). The normalized spacial score (nSPS) is 21.0. The Hall–Kier alpha value is -1.44. The van der Waals surface area contributed by atoms with Crippen molar-refractivity contribution in [2.75, 3.05) is 4.31 Å². The molecule has 0 fully saturated rings. The highest BCUT2D eigenvalue weighted by molar-refractivity contribution is 9.10. The lowest BCUT2D eigenvalue weighted by Gasteiger charge is -2.23. The van der Waals surface area contributed by atoms with Crippen LogP contribution in [0, 0.1) is 6.92 Å². The van der Waals surface area contributed by atoms with Crippen LogP contribution in [0.1, 0.15) is 24.0 Å². The summed E-state index contributed by atoms with van der Waals surface area (Å²) in [5.41, 5.74) is 1.68. The maximum atomic E-state index is 12.9. The molecule has 2 heterocycles. The van der Waals surface area contributed by atoms with Crippen LogP contribution in [-0.4, -0.2) is 24.7 Å². The first kappa shape index (κ1) is 15.5. The molecule has 2 atom stereocenters. The van der Waals surface area contributed by atoms with E-state index in [2.05, 4.69) is 20.9 Å². The Morgan fingerprint density at radius 3 is 2.55 bits per heavy atom. The van der Waals surface area contributed by atoms with Crippen molar-refractivity contribution < 1.29 is 13.5 Å². The number of sulfonamides is 1. The van der Waals surface area contributed by atoms with E-state index in [0.717, 1.165) is 14.3 Å². The fraction of sp³-hybridized carbons (Fsp3) is 0.267. The first-order chi connectivity index (χ1) is 10.3. The van der Waals surface area contributed by atoms with Crippen LogP contribution in [0.2, 0.25) is 0 Å². The molecular weight excluding hydrogens is 368 g/mol. The van der Waals surface area contributed by atoms with Crippen LogP contribution in [0.4, 0.5) is 5.82 Å². The van der Waals surface area contributed by atoms with Crippen molar-refractivity contribution in [3.63, 3.8) is 0 Å². The summed E-state index contributed by atoms with van der Waals surface area (Å²) in [4.78, 5) is 4.33. The van der Waals surface area contributed by atoms with Crippen molar-refractivity contribution in [2.45, 2.75) is 30.9 Å². The number of aliphatic hydroxyl groups excluding tert-OH is 1. The zero-order chi connectivity index (χ0) is 16.1. The van der Waals surface area contributed by atoms with Gasteiger partial charge in [0.2, 0.25) is 0 Å². The summed E-state index contributed by atoms with van der Waals surface area (Å²) in [5.74, 6) is -0.0657. The first-order valence-electron chi connectivity index (χ1n) is 6.77. The summed E-state index contributed by atoms with van der Waals surface area (Å²) in [5, 5.41) is 10.4. The van der Waals surface area contributed by atoms with E-state index >= 15 is 0 Å². The molecule has 0 bridgehead atoms. The second-order valence-corrected chi connectivity index (χ2v) is 8.11. The fourth-order valence-electron chi connectivity index (χ4n) is 2.54. The van der Waals surface area contributed by atoms with E-state index in [1.54, 1.807) is 37.3 Å². The lowest BCUT2D eigenvalue weighted by Crippen LogP contribution is -2.38. The molecule has 1 aliphatic heterocycles. The van der Waals surface area contributed by atoms with Crippen LogP contribution in [0.15, 0.2) is 45.9 Å². The summed E-state index contributed by atoms with van der Waals surface area (Å²) in [6, 6.07) is 8.34. The smallest absolute Gasteiger partial charge is 0.267 e. The molecule has 116 valence electrons. The number of rotatable bonds is 2. The van der Waals surface area contributed by atoms with Crippen LogP contribution < -0.4 is 4.31 Å². The molecule has 1 aromatic carbocycles. The second-order valence-electron chi connectivity index (χ2n) is 5.38. The van der Waals surface area contributed by atoms with Gasteiger partial charge in [0.05, 0.1) is 4.90 Å². The molecule has 7 heteroatoms. The Morgan fingerprint density at radius 1 is 1.27 bits per heavy atom. The van der Waals surface area contributed by atoms with Gasteiger partial charge in [-0.15, -0.1) is 0 Å². The third-order valence-electron chi connectivity index (χ3n) is 3.83. The Kier molecular flexibility index (Phi) is 3.74. The molecule has 5 nitrogen and oxygen atoms in total. The quantitative estimate of drug-likeness (QED) is 0.866. The second kappa shape index (κ2) is 5.33. The molecule has 0 unspecified atom stereocenters. The number of hydrogen-bond acceptors (Lipinski definition) is 4. The van der Waals surface area contributed by atoms with Gasteiger partial charge in [-0.25, -0.2) is 17.7 Å². The number of aliphatic hydroxyl groups is 1. The van der Waals surface area contributed by atoms with Crippen molar-refractivity contribution in [1.82, 2.24) is 4.98 Å². The number of hydrogen-bond donors (Lipinski definition) is 1. The molecule has 1 aliphatic rings. The van der Waals surface area contributed by atoms with Crippen LogP contribution in [0.25, 0.3) is 0 Å². The molecule has 0 spiro atoms. The molecule has 0 amide bonds. The van der Waals surface area contributed by atoms with Crippen molar-refractivity contribution >= 4 is 31.8 Å². The van der Waals surface area contributed by atoms with Gasteiger partial charge >= 0.3 is 0 Å². The topological polar surface area (TPSA) is 70.5 Å². The van der Waals surface area contributed by atoms with Gasteiger partial charge in [-0.1, -0.05) is 24.6 Å². The zero-order valence-electron chi connectivity index (χ0n) is 12.1. The minimum Gasteiger partial charge on any atom is -0.372 e. The highest BCUT2D eigenvalue weighted by Gasteiger charge is 2.43. The Labute approximate surface area is 137 Å². The lowest BCUT2D eigenvalue weighted by molar-refractivity contribution is 0.171. The molecule has 2 aromatic rings. The van der Waals surface area contributed by atoms with Crippen molar-refractivity contribution in [2.24, 2.45) is 0 Å². The number of pyridine rings is 1.